The first kappa shape index (κ1) is 16.5. The fourth-order valence-electron chi connectivity index (χ4n) is 2.02. The monoisotopic (exact) mass is 314 g/mol. The van der Waals surface area contributed by atoms with Crippen LogP contribution >= 0.6 is 0 Å². The minimum atomic E-state index is -0.456. The van der Waals surface area contributed by atoms with Crippen molar-refractivity contribution in [3.8, 4) is 0 Å². The Balaban J connectivity index is 2.01. The lowest BCUT2D eigenvalue weighted by molar-refractivity contribution is -0.125. The molecule has 0 atom stereocenters. The molecule has 0 aliphatic rings. The van der Waals surface area contributed by atoms with Crippen LogP contribution in [0, 0.1) is 6.92 Å². The third-order valence-corrected chi connectivity index (χ3v) is 3.25. The van der Waals surface area contributed by atoms with Crippen molar-refractivity contribution in [1.29, 1.82) is 0 Å². The van der Waals surface area contributed by atoms with Gasteiger partial charge in [0, 0.05) is 25.5 Å². The molecule has 0 unspecified atom stereocenters. The molecule has 2 heterocycles. The maximum Gasteiger partial charge on any atom is 0.341 e. The molecule has 0 aliphatic carbocycles. The number of rotatable bonds is 5. The van der Waals surface area contributed by atoms with E-state index >= 15 is 0 Å². The number of aryl methyl sites for hydroxylation is 1. The summed E-state index contributed by atoms with van der Waals surface area (Å²) in [5.41, 5.74) is 1.21. The van der Waals surface area contributed by atoms with E-state index in [2.05, 4.69) is 9.72 Å². The number of ether oxygens (including phenoxy) is 1. The summed E-state index contributed by atoms with van der Waals surface area (Å²) in [6.07, 6.45) is 6.50. The third kappa shape index (κ3) is 4.29. The van der Waals surface area contributed by atoms with Crippen LogP contribution in [0.2, 0.25) is 0 Å². The van der Waals surface area contributed by atoms with Crippen LogP contribution in [-0.4, -0.2) is 35.9 Å². The van der Waals surface area contributed by atoms with Crippen molar-refractivity contribution < 1.29 is 18.7 Å². The number of esters is 1. The number of carbonyl (C=O) groups is 2. The van der Waals surface area contributed by atoms with Crippen molar-refractivity contribution >= 4 is 18.0 Å². The number of nitrogens with zero attached hydrogens (tertiary/aromatic N) is 2. The van der Waals surface area contributed by atoms with E-state index < -0.39 is 5.97 Å². The van der Waals surface area contributed by atoms with E-state index in [-0.39, 0.29) is 12.5 Å². The second-order valence-corrected chi connectivity index (χ2v) is 4.99. The van der Waals surface area contributed by atoms with Crippen LogP contribution in [0.3, 0.4) is 0 Å². The Morgan fingerprint density at radius 2 is 2.22 bits per heavy atom. The first-order chi connectivity index (χ1) is 11.0. The standard InChI is InChI=1S/C17H18N2O4/c1-12-15(17(21)22-3)9-14(23-12)11-19(2)16(20)7-6-13-5-4-8-18-10-13/h4-10H,11H2,1-3H3/b7-6+. The lowest BCUT2D eigenvalue weighted by Crippen LogP contribution is -2.23. The number of hydrogen-bond donors (Lipinski definition) is 0. The van der Waals surface area contributed by atoms with Gasteiger partial charge in [-0.25, -0.2) is 4.79 Å². The Kier molecular flexibility index (Phi) is 5.30. The predicted octanol–water partition coefficient (Wildman–Crippen LogP) is 2.44. The highest BCUT2D eigenvalue weighted by atomic mass is 16.5. The van der Waals surface area contributed by atoms with E-state index in [0.717, 1.165) is 5.56 Å². The molecule has 0 radical (unpaired) electrons. The van der Waals surface area contributed by atoms with Crippen molar-refractivity contribution in [2.75, 3.05) is 14.2 Å². The minimum absolute atomic E-state index is 0.178. The highest BCUT2D eigenvalue weighted by Gasteiger charge is 2.17. The maximum absolute atomic E-state index is 12.1. The molecule has 0 fully saturated rings. The fourth-order valence-corrected chi connectivity index (χ4v) is 2.02. The summed E-state index contributed by atoms with van der Waals surface area (Å²) in [5, 5.41) is 0. The lowest BCUT2D eigenvalue weighted by atomic mass is 10.2. The van der Waals surface area contributed by atoms with Gasteiger partial charge in [0.1, 0.15) is 17.1 Å². The summed E-state index contributed by atoms with van der Waals surface area (Å²) >= 11 is 0. The fraction of sp³-hybridized carbons (Fsp3) is 0.235. The number of amides is 1. The maximum atomic E-state index is 12.1. The zero-order chi connectivity index (χ0) is 16.8. The molecule has 0 spiro atoms. The van der Waals surface area contributed by atoms with Gasteiger partial charge >= 0.3 is 5.97 Å². The molecule has 0 aliphatic heterocycles. The molecule has 0 saturated heterocycles. The molecule has 0 aromatic carbocycles. The first-order valence-corrected chi connectivity index (χ1v) is 7.02. The summed E-state index contributed by atoms with van der Waals surface area (Å²) in [6, 6.07) is 5.25. The molecule has 6 nitrogen and oxygen atoms in total. The summed E-state index contributed by atoms with van der Waals surface area (Å²) in [4.78, 5) is 29.1. The highest BCUT2D eigenvalue weighted by molar-refractivity contribution is 5.92. The molecule has 1 amide bonds. The van der Waals surface area contributed by atoms with Crippen LogP contribution in [0.15, 0.2) is 41.1 Å². The Bertz CT molecular complexity index is 719. The molecular weight excluding hydrogens is 296 g/mol. The molecule has 2 aromatic rings. The molecule has 0 bridgehead atoms. The zero-order valence-corrected chi connectivity index (χ0v) is 13.3. The molecule has 23 heavy (non-hydrogen) atoms. The summed E-state index contributed by atoms with van der Waals surface area (Å²) in [6.45, 7) is 1.94. The molecule has 0 N–H and O–H groups in total. The molecule has 120 valence electrons. The van der Waals surface area contributed by atoms with E-state index in [1.807, 2.05) is 6.07 Å². The van der Waals surface area contributed by atoms with Gasteiger partial charge in [-0.1, -0.05) is 6.07 Å². The Morgan fingerprint density at radius 1 is 1.43 bits per heavy atom. The van der Waals surface area contributed by atoms with Crippen LogP contribution in [0.1, 0.15) is 27.4 Å². The van der Waals surface area contributed by atoms with Gasteiger partial charge in [0.05, 0.1) is 13.7 Å². The van der Waals surface area contributed by atoms with Gasteiger partial charge in [-0.3, -0.25) is 9.78 Å². The number of methoxy groups -OCH3 is 1. The SMILES string of the molecule is COC(=O)c1cc(CN(C)C(=O)/C=C/c2cccnc2)oc1C. The smallest absolute Gasteiger partial charge is 0.341 e. The van der Waals surface area contributed by atoms with E-state index in [9.17, 15) is 9.59 Å². The van der Waals surface area contributed by atoms with Gasteiger partial charge in [-0.05, 0) is 30.7 Å². The number of pyridine rings is 1. The number of carbonyl (C=O) groups excluding carboxylic acids is 2. The summed E-state index contributed by atoms with van der Waals surface area (Å²) < 4.78 is 10.2. The lowest BCUT2D eigenvalue weighted by Gasteiger charge is -2.12. The number of hydrogen-bond acceptors (Lipinski definition) is 5. The third-order valence-electron chi connectivity index (χ3n) is 3.25. The molecule has 2 aromatic heterocycles. The highest BCUT2D eigenvalue weighted by Crippen LogP contribution is 2.17. The average molecular weight is 314 g/mol. The average Bonchev–Trinajstić information content (AvgIpc) is 2.93. The van der Waals surface area contributed by atoms with Crippen molar-refractivity contribution in [3.05, 3.63) is 59.3 Å². The van der Waals surface area contributed by atoms with E-state index in [1.54, 1.807) is 44.6 Å². The van der Waals surface area contributed by atoms with Gasteiger partial charge in [-0.15, -0.1) is 0 Å². The Labute approximate surface area is 134 Å². The van der Waals surface area contributed by atoms with Crippen LogP contribution in [0.25, 0.3) is 6.08 Å². The molecule has 0 saturated carbocycles. The summed E-state index contributed by atoms with van der Waals surface area (Å²) in [7, 11) is 2.97. The number of aromatic nitrogens is 1. The predicted molar refractivity (Wildman–Crippen MR) is 84.5 cm³/mol. The van der Waals surface area contributed by atoms with E-state index in [4.69, 9.17) is 4.42 Å². The number of furan rings is 1. The second-order valence-electron chi connectivity index (χ2n) is 4.99. The van der Waals surface area contributed by atoms with Gasteiger partial charge in [0.15, 0.2) is 0 Å². The Morgan fingerprint density at radius 3 is 2.87 bits per heavy atom. The van der Waals surface area contributed by atoms with Crippen molar-refractivity contribution in [3.63, 3.8) is 0 Å². The quantitative estimate of drug-likeness (QED) is 0.626. The van der Waals surface area contributed by atoms with E-state index in [0.29, 0.717) is 17.1 Å². The van der Waals surface area contributed by atoms with Crippen LogP contribution in [-0.2, 0) is 16.1 Å². The second kappa shape index (κ2) is 7.40. The van der Waals surface area contributed by atoms with Crippen LogP contribution < -0.4 is 0 Å². The molecular formula is C17H18N2O4. The van der Waals surface area contributed by atoms with Crippen LogP contribution in [0.4, 0.5) is 0 Å². The first-order valence-electron chi connectivity index (χ1n) is 7.02. The molecule has 6 heteroatoms. The molecule has 2 rings (SSSR count). The topological polar surface area (TPSA) is 72.6 Å². The van der Waals surface area contributed by atoms with Gasteiger partial charge in [-0.2, -0.15) is 0 Å². The Hall–Kier alpha value is -2.89. The van der Waals surface area contributed by atoms with Gasteiger partial charge < -0.3 is 14.1 Å². The summed E-state index contributed by atoms with van der Waals surface area (Å²) in [5.74, 6) is 0.359. The normalized spacial score (nSPS) is 10.7. The minimum Gasteiger partial charge on any atom is -0.465 e. The zero-order valence-electron chi connectivity index (χ0n) is 13.3. The van der Waals surface area contributed by atoms with Crippen molar-refractivity contribution in [2.45, 2.75) is 13.5 Å². The number of likely N-dealkylation sites (N-methyl/N-ethyl adjacent to an activating group) is 1. The van der Waals surface area contributed by atoms with E-state index in [1.165, 1.54) is 18.1 Å². The largest absolute Gasteiger partial charge is 0.465 e. The van der Waals surface area contributed by atoms with Gasteiger partial charge in [0.2, 0.25) is 5.91 Å². The van der Waals surface area contributed by atoms with Gasteiger partial charge in [0.25, 0.3) is 0 Å². The van der Waals surface area contributed by atoms with Crippen LogP contribution in [0.5, 0.6) is 0 Å². The van der Waals surface area contributed by atoms with Crippen molar-refractivity contribution in [1.82, 2.24) is 9.88 Å². The van der Waals surface area contributed by atoms with Crippen molar-refractivity contribution in [2.24, 2.45) is 0 Å².